The van der Waals surface area contributed by atoms with Gasteiger partial charge >= 0.3 is 5.97 Å². The van der Waals surface area contributed by atoms with Crippen LogP contribution in [0.1, 0.15) is 74.0 Å². The normalized spacial score (nSPS) is 18.8. The fraction of sp³-hybridized carbons (Fsp3) is 0.577. The number of carbonyl (C=O) groups is 2. The topological polar surface area (TPSA) is 87.5 Å². The Bertz CT molecular complexity index is 1130. The van der Waals surface area contributed by atoms with Gasteiger partial charge in [-0.15, -0.1) is 12.4 Å². The number of hydrogen-bond acceptors (Lipinski definition) is 4. The maximum atomic E-state index is 14.4. The second kappa shape index (κ2) is 12.0. The summed E-state index contributed by atoms with van der Waals surface area (Å²) in [6, 6.07) is 6.75. The van der Waals surface area contributed by atoms with Gasteiger partial charge in [0, 0.05) is 43.6 Å². The molecule has 0 bridgehead atoms. The summed E-state index contributed by atoms with van der Waals surface area (Å²) in [7, 11) is 0. The monoisotopic (exact) mass is 560 g/mol. The Kier molecular flexibility index (Phi) is 9.46. The van der Waals surface area contributed by atoms with E-state index in [0.717, 1.165) is 32.6 Å². The largest absolute Gasteiger partial charge is 0.481 e. The maximum Gasteiger partial charge on any atom is 0.305 e. The van der Waals surface area contributed by atoms with Gasteiger partial charge in [-0.25, -0.2) is 17.6 Å². The summed E-state index contributed by atoms with van der Waals surface area (Å²) in [5.74, 6) is -7.63. The van der Waals surface area contributed by atoms with Gasteiger partial charge in [-0.2, -0.15) is 5.10 Å². The lowest BCUT2D eigenvalue weighted by molar-refractivity contribution is -0.137. The van der Waals surface area contributed by atoms with Crippen LogP contribution < -0.4 is 5.32 Å². The van der Waals surface area contributed by atoms with Crippen LogP contribution in [0.2, 0.25) is 0 Å². The van der Waals surface area contributed by atoms with E-state index in [0.29, 0.717) is 5.69 Å². The summed E-state index contributed by atoms with van der Waals surface area (Å²) in [6.45, 7) is 0.853. The van der Waals surface area contributed by atoms with Crippen LogP contribution in [0.5, 0.6) is 0 Å². The summed E-state index contributed by atoms with van der Waals surface area (Å²) < 4.78 is 57.5. The number of likely N-dealkylation sites (tertiary alicyclic amines) is 1. The second-order valence-corrected chi connectivity index (χ2v) is 10.2. The number of hydrogen-bond donors (Lipinski definition) is 2. The highest BCUT2D eigenvalue weighted by molar-refractivity contribution is 5.94. The number of aromatic nitrogens is 2. The van der Waals surface area contributed by atoms with Crippen LogP contribution in [-0.4, -0.2) is 63.3 Å². The van der Waals surface area contributed by atoms with Crippen molar-refractivity contribution >= 4 is 24.3 Å². The standard InChI is InChI=1S/C26H32F4N4O3.ClH/c1-25(27,28)20-9-5-4-8-19(20)22-15-21(32-34(22)18-6-2-3-7-18)24(37)31-17(14-23(35)36)10-12-33-13-11-26(29,30)16-33;/h4-5,8-9,15,17-18H,2-3,6-7,10-14,16H2,1H3,(H,31,37)(H,35,36);1H/t17-;/m0./s1. The van der Waals surface area contributed by atoms with E-state index < -0.39 is 36.3 Å². The molecule has 0 unspecified atom stereocenters. The van der Waals surface area contributed by atoms with E-state index in [1.165, 1.54) is 18.2 Å². The number of carboxylic acid groups (broad SMARTS) is 1. The summed E-state index contributed by atoms with van der Waals surface area (Å²) >= 11 is 0. The van der Waals surface area contributed by atoms with Gasteiger partial charge < -0.3 is 10.4 Å². The molecule has 12 heteroatoms. The predicted molar refractivity (Wildman–Crippen MR) is 136 cm³/mol. The summed E-state index contributed by atoms with van der Waals surface area (Å²) in [5, 5.41) is 16.5. The Morgan fingerprint density at radius 2 is 1.92 bits per heavy atom. The lowest BCUT2D eigenvalue weighted by Crippen LogP contribution is -2.39. The highest BCUT2D eigenvalue weighted by atomic mass is 35.5. The van der Waals surface area contributed by atoms with Crippen molar-refractivity contribution in [2.24, 2.45) is 0 Å². The van der Waals surface area contributed by atoms with Crippen molar-refractivity contribution in [1.82, 2.24) is 20.0 Å². The molecule has 0 spiro atoms. The molecule has 2 aromatic rings. The first-order valence-corrected chi connectivity index (χ1v) is 12.6. The van der Waals surface area contributed by atoms with Crippen molar-refractivity contribution in [2.75, 3.05) is 19.6 Å². The third kappa shape index (κ3) is 7.25. The average molecular weight is 561 g/mol. The first-order chi connectivity index (χ1) is 17.4. The fourth-order valence-electron chi connectivity index (χ4n) is 5.25. The molecule has 1 saturated heterocycles. The number of nitrogens with zero attached hydrogens (tertiary/aromatic N) is 3. The molecule has 210 valence electrons. The summed E-state index contributed by atoms with van der Waals surface area (Å²) in [4.78, 5) is 26.1. The molecular weight excluding hydrogens is 528 g/mol. The minimum Gasteiger partial charge on any atom is -0.481 e. The fourth-order valence-corrected chi connectivity index (χ4v) is 5.25. The van der Waals surface area contributed by atoms with E-state index in [2.05, 4.69) is 10.4 Å². The number of alkyl halides is 4. The molecular formula is C26H33ClF4N4O3. The second-order valence-electron chi connectivity index (χ2n) is 10.2. The zero-order chi connectivity index (χ0) is 26.8. The number of nitrogens with one attached hydrogen (secondary N) is 1. The van der Waals surface area contributed by atoms with Gasteiger partial charge in [0.1, 0.15) is 0 Å². The van der Waals surface area contributed by atoms with E-state index in [-0.39, 0.29) is 67.6 Å². The Morgan fingerprint density at radius 1 is 1.24 bits per heavy atom. The lowest BCUT2D eigenvalue weighted by Gasteiger charge is -2.21. The van der Waals surface area contributed by atoms with E-state index >= 15 is 0 Å². The quantitative estimate of drug-likeness (QED) is 0.375. The van der Waals surface area contributed by atoms with Gasteiger partial charge in [0.2, 0.25) is 0 Å². The number of carbonyl (C=O) groups excluding carboxylic acids is 1. The van der Waals surface area contributed by atoms with Crippen molar-refractivity contribution in [3.63, 3.8) is 0 Å². The average Bonchev–Trinajstić information content (AvgIpc) is 3.56. The molecule has 2 N–H and O–H groups in total. The van der Waals surface area contributed by atoms with Gasteiger partial charge in [-0.3, -0.25) is 19.2 Å². The van der Waals surface area contributed by atoms with E-state index in [1.807, 2.05) is 0 Å². The number of amides is 1. The molecule has 1 aliphatic carbocycles. The van der Waals surface area contributed by atoms with Gasteiger partial charge in [0.15, 0.2) is 5.69 Å². The van der Waals surface area contributed by atoms with Crippen molar-refractivity contribution in [1.29, 1.82) is 0 Å². The van der Waals surface area contributed by atoms with Gasteiger partial charge in [0.25, 0.3) is 17.8 Å². The van der Waals surface area contributed by atoms with Crippen LogP contribution in [0, 0.1) is 0 Å². The molecule has 4 rings (SSSR count). The van der Waals surface area contributed by atoms with Crippen molar-refractivity contribution in [3.8, 4) is 11.3 Å². The summed E-state index contributed by atoms with van der Waals surface area (Å²) in [5.41, 5.74) is 0.514. The van der Waals surface area contributed by atoms with Crippen LogP contribution in [0.4, 0.5) is 17.6 Å². The number of halogens is 5. The number of benzene rings is 1. The first-order valence-electron chi connectivity index (χ1n) is 12.6. The Labute approximate surface area is 225 Å². The number of aliphatic carboxylic acids is 1. The molecule has 0 radical (unpaired) electrons. The first kappa shape index (κ1) is 29.9. The number of rotatable bonds is 10. The zero-order valence-electron chi connectivity index (χ0n) is 21.1. The van der Waals surface area contributed by atoms with Crippen LogP contribution >= 0.6 is 12.4 Å². The van der Waals surface area contributed by atoms with Gasteiger partial charge in [-0.05, 0) is 25.3 Å². The van der Waals surface area contributed by atoms with Crippen LogP contribution in [-0.2, 0) is 10.7 Å². The highest BCUT2D eigenvalue weighted by Crippen LogP contribution is 2.39. The highest BCUT2D eigenvalue weighted by Gasteiger charge is 2.38. The van der Waals surface area contributed by atoms with Crippen LogP contribution in [0.3, 0.4) is 0 Å². The molecule has 1 amide bonds. The zero-order valence-corrected chi connectivity index (χ0v) is 22.0. The van der Waals surface area contributed by atoms with Crippen molar-refractivity contribution in [2.45, 2.75) is 75.8 Å². The molecule has 2 heterocycles. The summed E-state index contributed by atoms with van der Waals surface area (Å²) in [6.07, 6.45) is 3.10. The van der Waals surface area contributed by atoms with Crippen LogP contribution in [0.25, 0.3) is 11.3 Å². The van der Waals surface area contributed by atoms with Crippen LogP contribution in [0.15, 0.2) is 30.3 Å². The molecule has 1 aromatic heterocycles. The smallest absolute Gasteiger partial charge is 0.305 e. The van der Waals surface area contributed by atoms with Crippen molar-refractivity contribution < 1.29 is 32.3 Å². The predicted octanol–water partition coefficient (Wildman–Crippen LogP) is 5.50. The minimum atomic E-state index is -3.11. The van der Waals surface area contributed by atoms with Crippen molar-refractivity contribution in [3.05, 3.63) is 41.6 Å². The molecule has 7 nitrogen and oxygen atoms in total. The molecule has 38 heavy (non-hydrogen) atoms. The van der Waals surface area contributed by atoms with E-state index in [4.69, 9.17) is 0 Å². The van der Waals surface area contributed by atoms with E-state index in [1.54, 1.807) is 21.7 Å². The molecule has 1 atom stereocenters. The Hall–Kier alpha value is -2.66. The maximum absolute atomic E-state index is 14.4. The molecule has 1 saturated carbocycles. The SMILES string of the molecule is CC(F)(F)c1ccccc1-c1cc(C(=O)N[C@@H](CCN2CCC(F)(F)C2)CC(=O)O)nn1C1CCCC1.Cl. The van der Waals surface area contributed by atoms with Gasteiger partial charge in [0.05, 0.1) is 24.7 Å². The number of carboxylic acids is 1. The minimum absolute atomic E-state index is 0. The third-order valence-corrected chi connectivity index (χ3v) is 7.11. The third-order valence-electron chi connectivity index (χ3n) is 7.11. The van der Waals surface area contributed by atoms with Gasteiger partial charge in [-0.1, -0.05) is 37.1 Å². The molecule has 1 aliphatic heterocycles. The Morgan fingerprint density at radius 3 is 2.53 bits per heavy atom. The van der Waals surface area contributed by atoms with E-state index in [9.17, 15) is 32.3 Å². The lowest BCUT2D eigenvalue weighted by atomic mass is 9.99. The molecule has 2 aliphatic rings. The molecule has 1 aromatic carbocycles. The molecule has 2 fully saturated rings. The Balaban J connectivity index is 0.00000400.